The van der Waals surface area contributed by atoms with Crippen molar-refractivity contribution in [2.45, 2.75) is 58.9 Å². The minimum Gasteiger partial charge on any atom is -0.399 e. The fourth-order valence-corrected chi connectivity index (χ4v) is 2.79. The van der Waals surface area contributed by atoms with Crippen molar-refractivity contribution in [2.24, 2.45) is 0 Å². The lowest BCUT2D eigenvalue weighted by Crippen LogP contribution is -2.41. The Balaban J connectivity index is 2.46. The molecule has 0 N–H and O–H groups in total. The average molecular weight is 371 g/mol. The summed E-state index contributed by atoms with van der Waals surface area (Å²) in [4.78, 5) is 13.8. The molecule has 0 atom stereocenters. The van der Waals surface area contributed by atoms with Crippen molar-refractivity contribution in [3.05, 3.63) is 29.3 Å². The molecule has 8 heteroatoms. The highest BCUT2D eigenvalue weighted by Crippen LogP contribution is 2.37. The third kappa shape index (κ3) is 3.76. The number of nitrogens with zero attached hydrogens (tertiary/aromatic N) is 1. The molecule has 0 unspecified atom stereocenters. The lowest BCUT2D eigenvalue weighted by Gasteiger charge is -2.32. The van der Waals surface area contributed by atoms with Crippen LogP contribution in [0, 0.1) is 0 Å². The Bertz CT molecular complexity index is 669. The molecule has 0 saturated carbocycles. The Kier molecular flexibility index (Phi) is 5.50. The van der Waals surface area contributed by atoms with Crippen LogP contribution in [0.1, 0.15) is 57.5 Å². The highest BCUT2D eigenvalue weighted by Gasteiger charge is 2.52. The predicted molar refractivity (Wildman–Crippen MR) is 94.4 cm³/mol. The average Bonchev–Trinajstić information content (AvgIpc) is 2.75. The van der Waals surface area contributed by atoms with E-state index in [0.29, 0.717) is 13.1 Å². The van der Waals surface area contributed by atoms with Crippen molar-refractivity contribution < 1.29 is 27.3 Å². The second kappa shape index (κ2) is 6.89. The smallest absolute Gasteiger partial charge is 0.399 e. The van der Waals surface area contributed by atoms with Gasteiger partial charge in [0, 0.05) is 13.1 Å². The van der Waals surface area contributed by atoms with Crippen molar-refractivity contribution in [3.8, 4) is 0 Å². The second-order valence-corrected chi connectivity index (χ2v) is 7.37. The monoisotopic (exact) mass is 371 g/mol. The highest BCUT2D eigenvalue weighted by atomic mass is 19.4. The van der Waals surface area contributed by atoms with Crippen molar-refractivity contribution >= 4 is 18.5 Å². The van der Waals surface area contributed by atoms with E-state index in [-0.39, 0.29) is 11.0 Å². The molecule has 2 rings (SSSR count). The zero-order chi connectivity index (χ0) is 19.9. The molecule has 4 nitrogen and oxygen atoms in total. The number of halogens is 3. The second-order valence-electron chi connectivity index (χ2n) is 7.37. The molecular formula is C18H25BF3NO3. The first-order chi connectivity index (χ1) is 11.8. The summed E-state index contributed by atoms with van der Waals surface area (Å²) in [6.45, 7) is 11.5. The maximum Gasteiger partial charge on any atom is 0.494 e. The van der Waals surface area contributed by atoms with Gasteiger partial charge in [-0.1, -0.05) is 6.07 Å². The van der Waals surface area contributed by atoms with E-state index >= 15 is 0 Å². The molecule has 0 aromatic heterocycles. The molecule has 1 fully saturated rings. The van der Waals surface area contributed by atoms with Crippen LogP contribution in [0.2, 0.25) is 0 Å². The number of carbonyl (C=O) groups excluding carboxylic acids is 1. The lowest BCUT2D eigenvalue weighted by atomic mass is 9.77. The van der Waals surface area contributed by atoms with Crippen LogP contribution in [-0.4, -0.2) is 42.2 Å². The quantitative estimate of drug-likeness (QED) is 0.761. The molecule has 0 radical (unpaired) electrons. The van der Waals surface area contributed by atoms with E-state index in [9.17, 15) is 18.0 Å². The molecular weight excluding hydrogens is 346 g/mol. The SMILES string of the molecule is CCN(CC)C(=O)c1ccc(B2OC(C)(C)C(C)(C)O2)cc1C(F)(F)F. The van der Waals surface area contributed by atoms with Gasteiger partial charge in [0.05, 0.1) is 22.3 Å². The highest BCUT2D eigenvalue weighted by molar-refractivity contribution is 6.62. The normalized spacial score (nSPS) is 18.9. The number of hydrogen-bond donors (Lipinski definition) is 0. The standard InChI is InChI=1S/C18H25BF3NO3/c1-7-23(8-2)15(24)13-10-9-12(11-14(13)18(20,21)22)19-25-16(3,4)17(5,6)26-19/h9-11H,7-8H2,1-6H3. The first-order valence-corrected chi connectivity index (χ1v) is 8.70. The Hall–Kier alpha value is -1.54. The predicted octanol–water partition coefficient (Wildman–Crippen LogP) is 3.49. The summed E-state index contributed by atoms with van der Waals surface area (Å²) in [5, 5.41) is 0. The van der Waals surface area contributed by atoms with Crippen LogP contribution in [0.25, 0.3) is 0 Å². The van der Waals surface area contributed by atoms with Crippen molar-refractivity contribution in [1.82, 2.24) is 4.90 Å². The van der Waals surface area contributed by atoms with Gasteiger partial charge in [-0.25, -0.2) is 0 Å². The van der Waals surface area contributed by atoms with Crippen LogP contribution >= 0.6 is 0 Å². The van der Waals surface area contributed by atoms with Crippen LogP contribution in [0.15, 0.2) is 18.2 Å². The number of alkyl halides is 3. The molecule has 1 heterocycles. The van der Waals surface area contributed by atoms with Gasteiger partial charge in [0.25, 0.3) is 5.91 Å². The van der Waals surface area contributed by atoms with Gasteiger partial charge in [0.15, 0.2) is 0 Å². The van der Waals surface area contributed by atoms with Crippen molar-refractivity contribution in [1.29, 1.82) is 0 Å². The fraction of sp³-hybridized carbons (Fsp3) is 0.611. The molecule has 1 amide bonds. The van der Waals surface area contributed by atoms with Gasteiger partial charge in [-0.15, -0.1) is 0 Å². The number of rotatable bonds is 4. The van der Waals surface area contributed by atoms with Gasteiger partial charge in [-0.2, -0.15) is 13.2 Å². The van der Waals surface area contributed by atoms with Crippen LogP contribution in [0.3, 0.4) is 0 Å². The number of hydrogen-bond acceptors (Lipinski definition) is 3. The van der Waals surface area contributed by atoms with E-state index in [1.54, 1.807) is 13.8 Å². The molecule has 0 aliphatic carbocycles. The van der Waals surface area contributed by atoms with E-state index in [4.69, 9.17) is 9.31 Å². The van der Waals surface area contributed by atoms with Crippen LogP contribution in [0.4, 0.5) is 13.2 Å². The minimum atomic E-state index is -4.65. The summed E-state index contributed by atoms with van der Waals surface area (Å²) in [5.74, 6) is -0.636. The number of carbonyl (C=O) groups is 1. The van der Waals surface area contributed by atoms with Crippen LogP contribution in [0.5, 0.6) is 0 Å². The Labute approximate surface area is 152 Å². The van der Waals surface area contributed by atoms with E-state index in [0.717, 1.165) is 6.07 Å². The van der Waals surface area contributed by atoms with Crippen LogP contribution < -0.4 is 5.46 Å². The summed E-state index contributed by atoms with van der Waals surface area (Å²) in [7, 11) is -0.918. The van der Waals surface area contributed by atoms with Gasteiger partial charge >= 0.3 is 13.3 Å². The van der Waals surface area contributed by atoms with Crippen LogP contribution in [-0.2, 0) is 15.5 Å². The lowest BCUT2D eigenvalue weighted by molar-refractivity contribution is -0.138. The maximum atomic E-state index is 13.6. The summed E-state index contributed by atoms with van der Waals surface area (Å²) in [5.41, 5.74) is -2.41. The number of benzene rings is 1. The van der Waals surface area contributed by atoms with Crippen molar-refractivity contribution in [3.63, 3.8) is 0 Å². The summed E-state index contributed by atoms with van der Waals surface area (Å²) >= 11 is 0. The molecule has 144 valence electrons. The zero-order valence-corrected chi connectivity index (χ0v) is 16.0. The molecule has 1 aromatic carbocycles. The number of amides is 1. The molecule has 26 heavy (non-hydrogen) atoms. The summed E-state index contributed by atoms with van der Waals surface area (Å²) < 4.78 is 52.4. The molecule has 0 spiro atoms. The molecule has 1 aromatic rings. The van der Waals surface area contributed by atoms with Gasteiger partial charge in [-0.05, 0) is 59.1 Å². The zero-order valence-electron chi connectivity index (χ0n) is 16.0. The largest absolute Gasteiger partial charge is 0.494 e. The topological polar surface area (TPSA) is 38.8 Å². The van der Waals surface area contributed by atoms with E-state index in [1.807, 2.05) is 27.7 Å². The molecule has 0 bridgehead atoms. The van der Waals surface area contributed by atoms with Gasteiger partial charge in [0.1, 0.15) is 0 Å². The van der Waals surface area contributed by atoms with E-state index in [1.165, 1.54) is 17.0 Å². The first kappa shape index (κ1) is 20.8. The molecule has 1 aliphatic heterocycles. The third-order valence-electron chi connectivity index (χ3n) is 5.16. The van der Waals surface area contributed by atoms with E-state index < -0.39 is 36.0 Å². The van der Waals surface area contributed by atoms with Gasteiger partial charge in [0.2, 0.25) is 0 Å². The Morgan fingerprint density at radius 1 is 1.08 bits per heavy atom. The Morgan fingerprint density at radius 3 is 2.00 bits per heavy atom. The molecule has 1 saturated heterocycles. The molecule has 1 aliphatic rings. The fourth-order valence-electron chi connectivity index (χ4n) is 2.79. The van der Waals surface area contributed by atoms with E-state index in [2.05, 4.69) is 0 Å². The Morgan fingerprint density at radius 2 is 1.58 bits per heavy atom. The van der Waals surface area contributed by atoms with Crippen molar-refractivity contribution in [2.75, 3.05) is 13.1 Å². The maximum absolute atomic E-state index is 13.6. The van der Waals surface area contributed by atoms with Gasteiger partial charge < -0.3 is 14.2 Å². The van der Waals surface area contributed by atoms with Gasteiger partial charge in [-0.3, -0.25) is 4.79 Å². The first-order valence-electron chi connectivity index (χ1n) is 8.70. The summed E-state index contributed by atoms with van der Waals surface area (Å²) in [6.07, 6.45) is -4.65. The summed E-state index contributed by atoms with van der Waals surface area (Å²) in [6, 6.07) is 3.64. The third-order valence-corrected chi connectivity index (χ3v) is 5.16. The minimum absolute atomic E-state index is 0.243.